The molecular formula is C16H20F3N3O4S. The summed E-state index contributed by atoms with van der Waals surface area (Å²) in [7, 11) is -1.70. The molecule has 1 aliphatic rings. The molecule has 0 saturated carbocycles. The molecule has 1 N–H and O–H groups in total. The molecule has 1 aromatic carbocycles. The number of benzene rings is 1. The van der Waals surface area contributed by atoms with Gasteiger partial charge in [-0.2, -0.15) is 13.2 Å². The van der Waals surface area contributed by atoms with E-state index in [1.807, 2.05) is 0 Å². The summed E-state index contributed by atoms with van der Waals surface area (Å²) >= 11 is 0. The van der Waals surface area contributed by atoms with Crippen LogP contribution < -0.4 is 5.43 Å². The van der Waals surface area contributed by atoms with Gasteiger partial charge in [0.1, 0.15) is 0 Å². The third kappa shape index (κ3) is 5.59. The van der Waals surface area contributed by atoms with E-state index >= 15 is 0 Å². The lowest BCUT2D eigenvalue weighted by molar-refractivity contribution is -0.138. The summed E-state index contributed by atoms with van der Waals surface area (Å²) in [5.41, 5.74) is 1.58. The van der Waals surface area contributed by atoms with Crippen molar-refractivity contribution in [1.82, 2.24) is 4.90 Å². The highest BCUT2D eigenvalue weighted by molar-refractivity contribution is 7.91. The van der Waals surface area contributed by atoms with Crippen molar-refractivity contribution in [1.29, 1.82) is 0 Å². The van der Waals surface area contributed by atoms with Crippen LogP contribution in [0.25, 0.3) is 0 Å². The summed E-state index contributed by atoms with van der Waals surface area (Å²) in [6.45, 7) is 1.66. The van der Waals surface area contributed by atoms with Crippen molar-refractivity contribution in [2.75, 3.05) is 30.6 Å². The van der Waals surface area contributed by atoms with Crippen LogP contribution in [0, 0.1) is 0 Å². The van der Waals surface area contributed by atoms with Gasteiger partial charge in [0.15, 0.2) is 9.84 Å². The van der Waals surface area contributed by atoms with Crippen molar-refractivity contribution in [3.63, 3.8) is 0 Å². The summed E-state index contributed by atoms with van der Waals surface area (Å²) in [4.78, 5) is 13.6. The largest absolute Gasteiger partial charge is 0.460 e. The van der Waals surface area contributed by atoms with Gasteiger partial charge < -0.3 is 9.64 Å². The van der Waals surface area contributed by atoms with Crippen LogP contribution in [0.4, 0.5) is 18.9 Å². The number of hydrazone groups is 1. The van der Waals surface area contributed by atoms with Crippen LogP contribution in [0.5, 0.6) is 0 Å². The molecule has 150 valence electrons. The summed E-state index contributed by atoms with van der Waals surface area (Å²) in [6, 6.07) is 3.86. The predicted octanol–water partition coefficient (Wildman–Crippen LogP) is 2.11. The maximum absolute atomic E-state index is 12.8. The van der Waals surface area contributed by atoms with Gasteiger partial charge in [0.05, 0.1) is 29.4 Å². The van der Waals surface area contributed by atoms with Gasteiger partial charge in [0.25, 0.3) is 0 Å². The lowest BCUT2D eigenvalue weighted by atomic mass is 10.2. The number of sulfone groups is 1. The zero-order valence-corrected chi connectivity index (χ0v) is 15.6. The minimum Gasteiger partial charge on any atom is -0.460 e. The molecular weight excluding hydrogens is 387 g/mol. The van der Waals surface area contributed by atoms with E-state index in [1.165, 1.54) is 24.1 Å². The van der Waals surface area contributed by atoms with E-state index in [0.717, 1.165) is 12.1 Å². The molecule has 1 atom stereocenters. The normalized spacial score (nSPS) is 19.6. The Hall–Kier alpha value is -2.30. The smallest absolute Gasteiger partial charge is 0.416 e. The molecule has 2 rings (SSSR count). The number of hydrogen-bond acceptors (Lipinski definition) is 6. The topological polar surface area (TPSA) is 88.1 Å². The third-order valence-corrected chi connectivity index (χ3v) is 5.78. The molecule has 1 saturated heterocycles. The van der Waals surface area contributed by atoms with E-state index in [1.54, 1.807) is 6.92 Å². The Bertz CT molecular complexity index is 824. The van der Waals surface area contributed by atoms with Gasteiger partial charge in [0, 0.05) is 13.1 Å². The summed E-state index contributed by atoms with van der Waals surface area (Å²) in [6.07, 6.45) is -4.19. The van der Waals surface area contributed by atoms with E-state index in [4.69, 9.17) is 4.74 Å². The molecule has 7 nitrogen and oxygen atoms in total. The number of anilines is 1. The molecule has 1 aromatic rings. The molecule has 0 unspecified atom stereocenters. The number of carbonyl (C=O) groups is 1. The monoisotopic (exact) mass is 407 g/mol. The summed E-state index contributed by atoms with van der Waals surface area (Å²) < 4.78 is 66.7. The summed E-state index contributed by atoms with van der Waals surface area (Å²) in [5, 5.41) is 3.88. The number of alkyl halides is 3. The van der Waals surface area contributed by atoms with Crippen LogP contribution in [0.2, 0.25) is 0 Å². The van der Waals surface area contributed by atoms with E-state index in [-0.39, 0.29) is 29.6 Å². The fourth-order valence-electron chi connectivity index (χ4n) is 2.60. The number of rotatable bonds is 4. The van der Waals surface area contributed by atoms with E-state index in [9.17, 15) is 26.4 Å². The third-order valence-electron chi connectivity index (χ3n) is 4.03. The second-order valence-corrected chi connectivity index (χ2v) is 8.24. The second-order valence-electron chi connectivity index (χ2n) is 6.01. The Morgan fingerprint density at radius 1 is 1.41 bits per heavy atom. The molecule has 0 amide bonds. The van der Waals surface area contributed by atoms with Gasteiger partial charge in [-0.1, -0.05) is 6.07 Å². The van der Waals surface area contributed by atoms with E-state index in [2.05, 4.69) is 10.5 Å². The number of hydrogen-bond donors (Lipinski definition) is 1. The van der Waals surface area contributed by atoms with Crippen LogP contribution in [0.1, 0.15) is 18.9 Å². The van der Waals surface area contributed by atoms with Crippen LogP contribution in [-0.2, 0) is 25.5 Å². The Balaban J connectivity index is 2.25. The van der Waals surface area contributed by atoms with Gasteiger partial charge >= 0.3 is 12.1 Å². The van der Waals surface area contributed by atoms with Crippen LogP contribution >= 0.6 is 0 Å². The fraction of sp³-hybridized carbons (Fsp3) is 0.500. The maximum atomic E-state index is 12.8. The van der Waals surface area contributed by atoms with Gasteiger partial charge in [-0.15, -0.1) is 5.10 Å². The molecule has 1 aliphatic heterocycles. The average Bonchev–Trinajstić information content (AvgIpc) is 2.94. The first kappa shape index (κ1) is 21.0. The van der Waals surface area contributed by atoms with Crippen molar-refractivity contribution < 1.29 is 31.1 Å². The van der Waals surface area contributed by atoms with Crippen LogP contribution in [-0.4, -0.2) is 56.3 Å². The van der Waals surface area contributed by atoms with Crippen molar-refractivity contribution in [2.24, 2.45) is 5.10 Å². The van der Waals surface area contributed by atoms with Crippen molar-refractivity contribution in [3.05, 3.63) is 29.8 Å². The van der Waals surface area contributed by atoms with Crippen LogP contribution in [0.3, 0.4) is 0 Å². The Morgan fingerprint density at radius 2 is 2.11 bits per heavy atom. The van der Waals surface area contributed by atoms with E-state index in [0.29, 0.717) is 6.42 Å². The maximum Gasteiger partial charge on any atom is 0.416 e. The highest BCUT2D eigenvalue weighted by atomic mass is 32.2. The number of carbonyl (C=O) groups excluding carboxylic acids is 1. The predicted molar refractivity (Wildman–Crippen MR) is 94.0 cm³/mol. The minimum absolute atomic E-state index is 0.000825. The quantitative estimate of drug-likeness (QED) is 0.356. The van der Waals surface area contributed by atoms with Gasteiger partial charge in [-0.3, -0.25) is 5.43 Å². The highest BCUT2D eigenvalue weighted by Gasteiger charge is 2.34. The van der Waals surface area contributed by atoms with Gasteiger partial charge in [-0.25, -0.2) is 13.2 Å². The molecule has 27 heavy (non-hydrogen) atoms. The molecule has 0 radical (unpaired) electrons. The minimum atomic E-state index is -4.51. The van der Waals surface area contributed by atoms with Crippen molar-refractivity contribution in [2.45, 2.75) is 25.6 Å². The standard InChI is InChI=1S/C16H20F3N3O4S/c1-3-26-15(23)14(22(2)13-7-8-27(24,25)10-13)21-20-12-6-4-5-11(9-12)16(17,18)19/h4-6,9,13,20H,3,7-8,10H2,1-2H3/b21-14-/t13-/m0/s1. The van der Waals surface area contributed by atoms with Crippen LogP contribution in [0.15, 0.2) is 29.4 Å². The number of ether oxygens (including phenoxy) is 1. The number of esters is 1. The lowest BCUT2D eigenvalue weighted by Crippen LogP contribution is -2.43. The van der Waals surface area contributed by atoms with Gasteiger partial charge in [-0.05, 0) is 31.5 Å². The molecule has 0 bridgehead atoms. The zero-order valence-electron chi connectivity index (χ0n) is 14.8. The van der Waals surface area contributed by atoms with Crippen molar-refractivity contribution in [3.8, 4) is 0 Å². The van der Waals surface area contributed by atoms with Crippen molar-refractivity contribution >= 4 is 27.3 Å². The molecule has 0 aliphatic carbocycles. The molecule has 1 heterocycles. The number of nitrogens with one attached hydrogen (secondary N) is 1. The van der Waals surface area contributed by atoms with Gasteiger partial charge in [0.2, 0.25) is 5.84 Å². The Morgan fingerprint density at radius 3 is 2.67 bits per heavy atom. The average molecular weight is 407 g/mol. The first-order chi connectivity index (χ1) is 12.5. The lowest BCUT2D eigenvalue weighted by Gasteiger charge is -2.25. The van der Waals surface area contributed by atoms with E-state index < -0.39 is 33.6 Å². The first-order valence-corrected chi connectivity index (χ1v) is 9.97. The number of amidine groups is 1. The zero-order chi connectivity index (χ0) is 20.2. The number of halogens is 3. The molecule has 0 aromatic heterocycles. The fourth-order valence-corrected chi connectivity index (χ4v) is 4.37. The molecule has 1 fully saturated rings. The molecule has 0 spiro atoms. The second kappa shape index (κ2) is 8.15. The number of nitrogens with zero attached hydrogens (tertiary/aromatic N) is 2. The SMILES string of the molecule is CCOC(=O)/C(=N/Nc1cccc(C(F)(F)F)c1)N(C)[C@H]1CCS(=O)(=O)C1. The first-order valence-electron chi connectivity index (χ1n) is 8.15. The number of likely N-dealkylation sites (N-methyl/N-ethyl adjacent to an activating group) is 1. The summed E-state index contributed by atoms with van der Waals surface area (Å²) in [5.74, 6) is -1.15. The molecule has 11 heteroatoms. The Kier molecular flexibility index (Phi) is 6.34. The Labute approximate surface area is 155 Å². The highest BCUT2D eigenvalue weighted by Crippen LogP contribution is 2.30.